The molecule has 0 aromatic carbocycles. The highest BCUT2D eigenvalue weighted by Crippen LogP contribution is 2.43. The minimum Gasteiger partial charge on any atom is -0.379 e. The van der Waals surface area contributed by atoms with Gasteiger partial charge in [0.1, 0.15) is 19.3 Å². The van der Waals surface area contributed by atoms with Gasteiger partial charge in [-0.1, -0.05) is 76.9 Å². The molecule has 0 bridgehead atoms. The molecule has 210 valence electrons. The van der Waals surface area contributed by atoms with E-state index in [2.05, 4.69) is 19.1 Å². The summed E-state index contributed by atoms with van der Waals surface area (Å²) in [6.07, 6.45) is 22.3. The normalized spacial score (nSPS) is 15.0. The van der Waals surface area contributed by atoms with Gasteiger partial charge in [-0.15, -0.1) is 0 Å². The molecule has 1 N–H and O–H groups in total. The first-order valence-corrected chi connectivity index (χ1v) is 15.4. The minimum absolute atomic E-state index is 0.0378. The van der Waals surface area contributed by atoms with Gasteiger partial charge in [0.25, 0.3) is 0 Å². The van der Waals surface area contributed by atoms with Crippen LogP contribution in [0.15, 0.2) is 12.2 Å². The van der Waals surface area contributed by atoms with Crippen molar-refractivity contribution >= 4 is 7.82 Å². The van der Waals surface area contributed by atoms with Gasteiger partial charge in [-0.25, -0.2) is 4.57 Å². The number of allylic oxidation sites excluding steroid dienone is 2. The molecular weight excluding hydrogens is 465 g/mol. The van der Waals surface area contributed by atoms with Crippen molar-refractivity contribution in [2.75, 3.05) is 61.2 Å². The SMILES string of the molecule is CCCCC/C=C\CCCCCCCCCCCOC[C@H](COP(=O)(O)OCC[N+](C)(C)C)OC. The van der Waals surface area contributed by atoms with Gasteiger partial charge < -0.3 is 18.9 Å². The Morgan fingerprint density at radius 1 is 0.771 bits per heavy atom. The fourth-order valence-electron chi connectivity index (χ4n) is 3.50. The number of unbranched alkanes of at least 4 members (excludes halogenated alkanes) is 12. The summed E-state index contributed by atoms with van der Waals surface area (Å²) in [5.41, 5.74) is 0. The Bertz CT molecular complexity index is 538. The fourth-order valence-corrected chi connectivity index (χ4v) is 4.24. The maximum atomic E-state index is 12.0. The lowest BCUT2D eigenvalue weighted by Crippen LogP contribution is -2.37. The molecular formula is C27H57NO6P+. The van der Waals surface area contributed by atoms with Crippen molar-refractivity contribution < 1.29 is 32.5 Å². The van der Waals surface area contributed by atoms with Crippen LogP contribution in [0.5, 0.6) is 0 Å². The number of rotatable bonds is 26. The number of likely N-dealkylation sites (N-methyl/N-ethyl adjacent to an activating group) is 1. The van der Waals surface area contributed by atoms with E-state index in [0.29, 0.717) is 24.2 Å². The lowest BCUT2D eigenvalue weighted by atomic mass is 10.1. The third-order valence-electron chi connectivity index (χ3n) is 5.88. The van der Waals surface area contributed by atoms with E-state index in [1.165, 1.54) is 83.5 Å². The Hall–Kier alpha value is -0.270. The van der Waals surface area contributed by atoms with Gasteiger partial charge >= 0.3 is 7.82 Å². The van der Waals surface area contributed by atoms with Crippen LogP contribution in [-0.4, -0.2) is 76.7 Å². The van der Waals surface area contributed by atoms with E-state index < -0.39 is 13.9 Å². The first-order chi connectivity index (χ1) is 16.7. The second-order valence-corrected chi connectivity index (χ2v) is 11.9. The number of phosphoric acid groups is 1. The summed E-state index contributed by atoms with van der Waals surface area (Å²) < 4.78 is 33.7. The van der Waals surface area contributed by atoms with Gasteiger partial charge in [-0.05, 0) is 32.1 Å². The van der Waals surface area contributed by atoms with Crippen LogP contribution in [0.4, 0.5) is 0 Å². The van der Waals surface area contributed by atoms with Gasteiger partial charge in [0.05, 0.1) is 34.4 Å². The summed E-state index contributed by atoms with van der Waals surface area (Å²) in [5, 5.41) is 0. The average Bonchev–Trinajstić information content (AvgIpc) is 2.79. The molecule has 0 aliphatic carbocycles. The van der Waals surface area contributed by atoms with E-state index in [0.717, 1.165) is 6.42 Å². The molecule has 0 aromatic rings. The summed E-state index contributed by atoms with van der Waals surface area (Å²) in [4.78, 5) is 9.79. The molecule has 2 atom stereocenters. The number of hydrogen-bond donors (Lipinski definition) is 1. The molecule has 0 amide bonds. The molecule has 0 fully saturated rings. The molecule has 0 aliphatic heterocycles. The van der Waals surface area contributed by atoms with E-state index >= 15 is 0 Å². The third-order valence-corrected chi connectivity index (χ3v) is 6.86. The van der Waals surface area contributed by atoms with Gasteiger partial charge in [0.2, 0.25) is 0 Å². The topological polar surface area (TPSA) is 74.2 Å². The summed E-state index contributed by atoms with van der Waals surface area (Å²) in [6, 6.07) is 0. The predicted molar refractivity (Wildman–Crippen MR) is 146 cm³/mol. The molecule has 35 heavy (non-hydrogen) atoms. The first-order valence-electron chi connectivity index (χ1n) is 13.9. The van der Waals surface area contributed by atoms with E-state index in [4.69, 9.17) is 18.5 Å². The third kappa shape index (κ3) is 26.6. The highest BCUT2D eigenvalue weighted by molar-refractivity contribution is 7.47. The molecule has 0 heterocycles. The molecule has 0 saturated carbocycles. The van der Waals surface area contributed by atoms with Crippen LogP contribution in [-0.2, 0) is 23.1 Å². The average molecular weight is 523 g/mol. The van der Waals surface area contributed by atoms with Crippen molar-refractivity contribution in [2.24, 2.45) is 0 Å². The van der Waals surface area contributed by atoms with E-state index in [9.17, 15) is 9.46 Å². The molecule has 8 heteroatoms. The number of ether oxygens (including phenoxy) is 2. The predicted octanol–water partition coefficient (Wildman–Crippen LogP) is 6.90. The monoisotopic (exact) mass is 522 g/mol. The Labute approximate surface area is 216 Å². The highest BCUT2D eigenvalue weighted by atomic mass is 31.2. The largest absolute Gasteiger partial charge is 0.472 e. The maximum absolute atomic E-state index is 12.0. The zero-order valence-corrected chi connectivity index (χ0v) is 24.4. The van der Waals surface area contributed by atoms with Crippen LogP contribution < -0.4 is 0 Å². The van der Waals surface area contributed by atoms with Crippen LogP contribution >= 0.6 is 7.82 Å². The quantitative estimate of drug-likeness (QED) is 0.0577. The van der Waals surface area contributed by atoms with E-state index in [1.807, 2.05) is 21.1 Å². The second kappa shape index (κ2) is 22.9. The number of phosphoric ester groups is 1. The summed E-state index contributed by atoms with van der Waals surface area (Å²) in [6.45, 7) is 3.99. The number of quaternary nitrogens is 1. The van der Waals surface area contributed by atoms with Crippen molar-refractivity contribution in [1.29, 1.82) is 0 Å². The van der Waals surface area contributed by atoms with E-state index in [1.54, 1.807) is 7.11 Å². The summed E-state index contributed by atoms with van der Waals surface area (Å²) in [5.74, 6) is 0. The smallest absolute Gasteiger partial charge is 0.379 e. The molecule has 0 rings (SSSR count). The van der Waals surface area contributed by atoms with Crippen molar-refractivity contribution in [3.63, 3.8) is 0 Å². The molecule has 0 aromatic heterocycles. The van der Waals surface area contributed by atoms with Crippen LogP contribution in [0, 0.1) is 0 Å². The molecule has 0 radical (unpaired) electrons. The standard InChI is InChI=1S/C27H56NO6P/c1-6-7-8-9-10-11-12-13-14-15-16-17-18-19-20-21-23-32-25-27(31-5)26-34-35(29,30)33-24-22-28(2,3)4/h10-11,27H,6-9,12-26H2,1-5H3/p+1/b11-10-/t27-/m1/s1. The van der Waals surface area contributed by atoms with Crippen molar-refractivity contribution in [3.8, 4) is 0 Å². The van der Waals surface area contributed by atoms with E-state index in [-0.39, 0.29) is 13.2 Å². The Morgan fingerprint density at radius 2 is 1.31 bits per heavy atom. The van der Waals surface area contributed by atoms with Crippen molar-refractivity contribution in [1.82, 2.24) is 0 Å². The highest BCUT2D eigenvalue weighted by Gasteiger charge is 2.24. The van der Waals surface area contributed by atoms with Crippen LogP contribution in [0.1, 0.15) is 96.8 Å². The minimum atomic E-state index is -4.07. The number of nitrogens with zero attached hydrogens (tertiary/aromatic N) is 1. The Balaban J connectivity index is 3.53. The number of hydrogen-bond acceptors (Lipinski definition) is 5. The lowest BCUT2D eigenvalue weighted by Gasteiger charge is -2.24. The van der Waals surface area contributed by atoms with Crippen molar-refractivity contribution in [2.45, 2.75) is 103 Å². The number of methoxy groups -OCH3 is 1. The van der Waals surface area contributed by atoms with Crippen LogP contribution in [0.3, 0.4) is 0 Å². The molecule has 0 saturated heterocycles. The van der Waals surface area contributed by atoms with Gasteiger partial charge in [-0.2, -0.15) is 0 Å². The molecule has 0 spiro atoms. The lowest BCUT2D eigenvalue weighted by molar-refractivity contribution is -0.870. The van der Waals surface area contributed by atoms with Gasteiger partial charge in [0, 0.05) is 13.7 Å². The molecule has 7 nitrogen and oxygen atoms in total. The Kier molecular flexibility index (Phi) is 22.7. The molecule has 1 unspecified atom stereocenters. The second-order valence-electron chi connectivity index (χ2n) is 10.5. The van der Waals surface area contributed by atoms with Crippen molar-refractivity contribution in [3.05, 3.63) is 12.2 Å². The van der Waals surface area contributed by atoms with Crippen LogP contribution in [0.25, 0.3) is 0 Å². The van der Waals surface area contributed by atoms with Crippen LogP contribution in [0.2, 0.25) is 0 Å². The van der Waals surface area contributed by atoms with Gasteiger partial charge in [0.15, 0.2) is 0 Å². The Morgan fingerprint density at radius 3 is 1.86 bits per heavy atom. The molecule has 0 aliphatic rings. The zero-order valence-electron chi connectivity index (χ0n) is 23.5. The van der Waals surface area contributed by atoms with Gasteiger partial charge in [-0.3, -0.25) is 9.05 Å². The summed E-state index contributed by atoms with van der Waals surface area (Å²) in [7, 11) is 3.44. The summed E-state index contributed by atoms with van der Waals surface area (Å²) >= 11 is 0. The fraction of sp³-hybridized carbons (Fsp3) is 0.926. The first kappa shape index (κ1) is 34.7. The maximum Gasteiger partial charge on any atom is 0.472 e. The zero-order chi connectivity index (χ0) is 26.3.